The first-order chi connectivity index (χ1) is 15.7. The Bertz CT molecular complexity index is 1330. The van der Waals surface area contributed by atoms with Gasteiger partial charge in [0, 0.05) is 37.8 Å². The van der Waals surface area contributed by atoms with Crippen molar-refractivity contribution in [2.24, 2.45) is 0 Å². The largest absolute Gasteiger partial charge is 0.336 e. The summed E-state index contributed by atoms with van der Waals surface area (Å²) in [4.78, 5) is 26.9. The highest BCUT2D eigenvalue weighted by atomic mass is 32.2. The molecule has 11 heteroatoms. The van der Waals surface area contributed by atoms with Crippen LogP contribution in [0.5, 0.6) is 0 Å². The highest BCUT2D eigenvalue weighted by molar-refractivity contribution is 7.90. The maximum Gasteiger partial charge on any atom is 0.269 e. The van der Waals surface area contributed by atoms with Crippen molar-refractivity contribution in [2.45, 2.75) is 29.5 Å². The van der Waals surface area contributed by atoms with Gasteiger partial charge >= 0.3 is 0 Å². The van der Waals surface area contributed by atoms with Crippen molar-refractivity contribution in [2.75, 3.05) is 26.2 Å². The molecule has 174 valence electrons. The van der Waals surface area contributed by atoms with E-state index in [9.17, 15) is 26.4 Å². The summed E-state index contributed by atoms with van der Waals surface area (Å²) in [5, 5.41) is 0. The number of piperazine rings is 1. The molecule has 0 atom stereocenters. The van der Waals surface area contributed by atoms with Gasteiger partial charge in [-0.15, -0.1) is 0 Å². The molecule has 2 fully saturated rings. The van der Waals surface area contributed by atoms with Gasteiger partial charge in [-0.25, -0.2) is 21.1 Å². The van der Waals surface area contributed by atoms with Gasteiger partial charge < -0.3 is 4.90 Å². The molecule has 2 aromatic carbocycles. The molecule has 1 aliphatic carbocycles. The van der Waals surface area contributed by atoms with Gasteiger partial charge in [0.25, 0.3) is 21.8 Å². The standard InChI is InChI=1S/C22H23N3O6S2/c26-21(17-6-9-19-20(14-17)33(30,31)25(22(19)27)18-7-8-18)23-10-12-24(13-11-23)32(28,29)15-16-4-2-1-3-5-16/h1-6,9,14,18H,7-8,10-13,15H2. The van der Waals surface area contributed by atoms with E-state index in [1.807, 2.05) is 6.07 Å². The van der Waals surface area contributed by atoms with Crippen molar-refractivity contribution in [3.05, 3.63) is 65.2 Å². The van der Waals surface area contributed by atoms with E-state index in [0.717, 1.165) is 4.31 Å². The Labute approximate surface area is 192 Å². The molecule has 33 heavy (non-hydrogen) atoms. The molecular formula is C22H23N3O6S2. The second-order valence-electron chi connectivity index (χ2n) is 8.48. The fourth-order valence-electron chi connectivity index (χ4n) is 4.28. The van der Waals surface area contributed by atoms with Crippen molar-refractivity contribution in [1.29, 1.82) is 0 Å². The van der Waals surface area contributed by atoms with Crippen LogP contribution in [0.4, 0.5) is 0 Å². The van der Waals surface area contributed by atoms with E-state index in [-0.39, 0.29) is 59.9 Å². The number of sulfonamides is 2. The predicted octanol–water partition coefficient (Wildman–Crippen LogP) is 1.28. The first-order valence-electron chi connectivity index (χ1n) is 10.7. The van der Waals surface area contributed by atoms with Gasteiger partial charge in [-0.2, -0.15) is 4.31 Å². The van der Waals surface area contributed by atoms with E-state index < -0.39 is 26.0 Å². The fourth-order valence-corrected chi connectivity index (χ4v) is 7.64. The quantitative estimate of drug-likeness (QED) is 0.626. The van der Waals surface area contributed by atoms with Crippen LogP contribution in [-0.2, 0) is 25.8 Å². The van der Waals surface area contributed by atoms with Gasteiger partial charge in [0.05, 0.1) is 11.3 Å². The summed E-state index contributed by atoms with van der Waals surface area (Å²) < 4.78 is 53.5. The Morgan fingerprint density at radius 2 is 1.64 bits per heavy atom. The third-order valence-electron chi connectivity index (χ3n) is 6.19. The SMILES string of the molecule is O=C(c1ccc2c(c1)S(=O)(=O)N(C1CC1)C2=O)N1CCN(S(=O)(=O)Cc2ccccc2)CC1. The maximum atomic E-state index is 13.0. The first-order valence-corrected chi connectivity index (χ1v) is 13.8. The number of benzene rings is 2. The maximum absolute atomic E-state index is 13.0. The molecule has 9 nitrogen and oxygen atoms in total. The van der Waals surface area contributed by atoms with E-state index in [4.69, 9.17) is 0 Å². The molecule has 2 heterocycles. The minimum absolute atomic E-state index is 0.0928. The zero-order chi connectivity index (χ0) is 23.4. The van der Waals surface area contributed by atoms with Crippen molar-refractivity contribution >= 4 is 31.9 Å². The van der Waals surface area contributed by atoms with E-state index in [0.29, 0.717) is 18.4 Å². The van der Waals surface area contributed by atoms with Gasteiger partial charge in [-0.1, -0.05) is 30.3 Å². The highest BCUT2D eigenvalue weighted by Crippen LogP contribution is 2.39. The number of rotatable bonds is 5. The van der Waals surface area contributed by atoms with Gasteiger partial charge in [0.1, 0.15) is 4.90 Å². The Balaban J connectivity index is 1.29. The molecule has 2 amide bonds. The average molecular weight is 490 g/mol. The monoisotopic (exact) mass is 489 g/mol. The van der Waals surface area contributed by atoms with Crippen LogP contribution in [0.25, 0.3) is 0 Å². The molecule has 0 unspecified atom stereocenters. The molecule has 0 N–H and O–H groups in total. The van der Waals surface area contributed by atoms with Crippen LogP contribution in [0.2, 0.25) is 0 Å². The van der Waals surface area contributed by atoms with Crippen molar-refractivity contribution < 1.29 is 26.4 Å². The van der Waals surface area contributed by atoms with Crippen LogP contribution in [0.3, 0.4) is 0 Å². The zero-order valence-electron chi connectivity index (χ0n) is 17.8. The lowest BCUT2D eigenvalue weighted by Gasteiger charge is -2.34. The topological polar surface area (TPSA) is 112 Å². The Hall–Kier alpha value is -2.76. The molecule has 0 radical (unpaired) electrons. The molecule has 0 aromatic heterocycles. The first kappa shape index (κ1) is 22.1. The second kappa shape index (κ2) is 7.93. The molecule has 3 aliphatic rings. The summed E-state index contributed by atoms with van der Waals surface area (Å²) in [6.07, 6.45) is 1.31. The van der Waals surface area contributed by atoms with Crippen molar-refractivity contribution in [1.82, 2.24) is 13.5 Å². The normalized spacial score (nSPS) is 20.7. The third kappa shape index (κ3) is 3.94. The van der Waals surface area contributed by atoms with E-state index in [1.165, 1.54) is 27.4 Å². The number of nitrogens with zero attached hydrogens (tertiary/aromatic N) is 3. The third-order valence-corrected chi connectivity index (χ3v) is 9.91. The van der Waals surface area contributed by atoms with Gasteiger partial charge in [-0.05, 0) is 36.6 Å². The summed E-state index contributed by atoms with van der Waals surface area (Å²) in [7, 11) is -7.47. The summed E-state index contributed by atoms with van der Waals surface area (Å²) in [5.41, 5.74) is 0.962. The number of fused-ring (bicyclic) bond motifs is 1. The number of hydrogen-bond donors (Lipinski definition) is 0. The van der Waals surface area contributed by atoms with Crippen LogP contribution in [-0.4, -0.2) is 74.4 Å². The van der Waals surface area contributed by atoms with Gasteiger partial charge in [0.15, 0.2) is 0 Å². The molecule has 5 rings (SSSR count). The van der Waals surface area contributed by atoms with Crippen molar-refractivity contribution in [3.63, 3.8) is 0 Å². The molecule has 1 saturated carbocycles. The Morgan fingerprint density at radius 3 is 2.27 bits per heavy atom. The van der Waals surface area contributed by atoms with Crippen LogP contribution in [0.1, 0.15) is 39.1 Å². The van der Waals surface area contributed by atoms with Crippen LogP contribution in [0.15, 0.2) is 53.4 Å². The zero-order valence-corrected chi connectivity index (χ0v) is 19.4. The van der Waals surface area contributed by atoms with E-state index >= 15 is 0 Å². The second-order valence-corrected chi connectivity index (χ2v) is 12.2. The lowest BCUT2D eigenvalue weighted by Crippen LogP contribution is -2.50. The lowest BCUT2D eigenvalue weighted by atomic mass is 10.1. The van der Waals surface area contributed by atoms with Crippen LogP contribution < -0.4 is 0 Å². The minimum Gasteiger partial charge on any atom is -0.336 e. The number of hydrogen-bond acceptors (Lipinski definition) is 6. The lowest BCUT2D eigenvalue weighted by molar-refractivity contribution is 0.0697. The van der Waals surface area contributed by atoms with E-state index in [2.05, 4.69) is 0 Å². The van der Waals surface area contributed by atoms with Gasteiger partial charge in [-0.3, -0.25) is 9.59 Å². The Kier molecular flexibility index (Phi) is 5.30. The molecule has 0 spiro atoms. The highest BCUT2D eigenvalue weighted by Gasteiger charge is 2.49. The van der Waals surface area contributed by atoms with Crippen LogP contribution >= 0.6 is 0 Å². The minimum atomic E-state index is -3.95. The summed E-state index contributed by atoms with van der Waals surface area (Å²) in [6.45, 7) is 0.726. The average Bonchev–Trinajstić information content (AvgIpc) is 3.60. The number of amides is 2. The Morgan fingerprint density at radius 1 is 0.970 bits per heavy atom. The predicted molar refractivity (Wildman–Crippen MR) is 119 cm³/mol. The molecule has 1 saturated heterocycles. The van der Waals surface area contributed by atoms with Gasteiger partial charge in [0.2, 0.25) is 10.0 Å². The molecular weight excluding hydrogens is 466 g/mol. The van der Waals surface area contributed by atoms with Crippen molar-refractivity contribution in [3.8, 4) is 0 Å². The summed E-state index contributed by atoms with van der Waals surface area (Å²) in [5.74, 6) is -1.02. The summed E-state index contributed by atoms with van der Waals surface area (Å²) in [6, 6.07) is 12.7. The number of carbonyl (C=O) groups excluding carboxylic acids is 2. The van der Waals surface area contributed by atoms with E-state index in [1.54, 1.807) is 24.3 Å². The fraction of sp³-hybridized carbons (Fsp3) is 0.364. The molecule has 2 aromatic rings. The molecule has 0 bridgehead atoms. The van der Waals surface area contributed by atoms with Crippen LogP contribution in [0, 0.1) is 0 Å². The number of carbonyl (C=O) groups is 2. The smallest absolute Gasteiger partial charge is 0.269 e. The molecule has 2 aliphatic heterocycles. The summed E-state index contributed by atoms with van der Waals surface area (Å²) >= 11 is 0.